The van der Waals surface area contributed by atoms with Gasteiger partial charge >= 0.3 is 0 Å². The van der Waals surface area contributed by atoms with Crippen molar-refractivity contribution < 1.29 is 0 Å². The molecule has 2 aromatic rings. The lowest BCUT2D eigenvalue weighted by atomic mass is 9.83. The van der Waals surface area contributed by atoms with Crippen LogP contribution in [0.25, 0.3) is 11.1 Å². The van der Waals surface area contributed by atoms with Crippen LogP contribution in [0, 0.1) is 11.8 Å². The standard InChI is InChI=1S/C21H27N/c1-17-7-9-18(10-8-17)15-22-16-19-11-13-21(14-12-19)20-5-3-2-4-6-20/h2-6,11-14,17-18,22H,7-10,15-16H2,1H3. The highest BCUT2D eigenvalue weighted by atomic mass is 14.9. The second-order valence-electron chi connectivity index (χ2n) is 6.82. The summed E-state index contributed by atoms with van der Waals surface area (Å²) in [6.45, 7) is 4.55. The molecule has 116 valence electrons. The summed E-state index contributed by atoms with van der Waals surface area (Å²) in [4.78, 5) is 0. The predicted octanol–water partition coefficient (Wildman–Crippen LogP) is 5.27. The first-order valence-corrected chi connectivity index (χ1v) is 8.66. The Labute approximate surface area is 134 Å². The third-order valence-electron chi connectivity index (χ3n) is 4.96. The van der Waals surface area contributed by atoms with Gasteiger partial charge in [-0.05, 0) is 47.9 Å². The molecule has 1 fully saturated rings. The molecule has 0 radical (unpaired) electrons. The fraction of sp³-hybridized carbons (Fsp3) is 0.429. The van der Waals surface area contributed by atoms with Gasteiger partial charge < -0.3 is 5.32 Å². The molecule has 3 rings (SSSR count). The van der Waals surface area contributed by atoms with Crippen LogP contribution in [-0.2, 0) is 6.54 Å². The molecule has 0 bridgehead atoms. The van der Waals surface area contributed by atoms with Gasteiger partial charge in [-0.2, -0.15) is 0 Å². The summed E-state index contributed by atoms with van der Waals surface area (Å²) in [5.41, 5.74) is 3.97. The van der Waals surface area contributed by atoms with Gasteiger partial charge in [-0.3, -0.25) is 0 Å². The van der Waals surface area contributed by atoms with Crippen LogP contribution in [0.1, 0.15) is 38.2 Å². The third kappa shape index (κ3) is 4.20. The van der Waals surface area contributed by atoms with Crippen LogP contribution in [0.2, 0.25) is 0 Å². The van der Waals surface area contributed by atoms with Crippen LogP contribution in [0.4, 0.5) is 0 Å². The van der Waals surface area contributed by atoms with E-state index >= 15 is 0 Å². The number of rotatable bonds is 5. The van der Waals surface area contributed by atoms with Crippen molar-refractivity contribution in [1.29, 1.82) is 0 Å². The summed E-state index contributed by atoms with van der Waals surface area (Å²) < 4.78 is 0. The van der Waals surface area contributed by atoms with E-state index in [-0.39, 0.29) is 0 Å². The Morgan fingerprint density at radius 3 is 2.14 bits per heavy atom. The zero-order chi connectivity index (χ0) is 15.2. The van der Waals surface area contributed by atoms with Gasteiger partial charge in [-0.15, -0.1) is 0 Å². The van der Waals surface area contributed by atoms with E-state index in [0.717, 1.165) is 18.4 Å². The van der Waals surface area contributed by atoms with E-state index < -0.39 is 0 Å². The highest BCUT2D eigenvalue weighted by Gasteiger charge is 2.17. The van der Waals surface area contributed by atoms with E-state index in [9.17, 15) is 0 Å². The van der Waals surface area contributed by atoms with Crippen molar-refractivity contribution >= 4 is 0 Å². The summed E-state index contributed by atoms with van der Waals surface area (Å²) in [6.07, 6.45) is 5.64. The maximum atomic E-state index is 3.65. The molecule has 0 heterocycles. The van der Waals surface area contributed by atoms with Crippen LogP contribution in [-0.4, -0.2) is 6.54 Å². The lowest BCUT2D eigenvalue weighted by molar-refractivity contribution is 0.281. The van der Waals surface area contributed by atoms with Gasteiger partial charge in [-0.25, -0.2) is 0 Å². The van der Waals surface area contributed by atoms with Gasteiger partial charge in [0.15, 0.2) is 0 Å². The molecular formula is C21H27N. The molecule has 0 amide bonds. The summed E-state index contributed by atoms with van der Waals surface area (Å²) in [7, 11) is 0. The lowest BCUT2D eigenvalue weighted by Crippen LogP contribution is -2.25. The van der Waals surface area contributed by atoms with Crippen LogP contribution >= 0.6 is 0 Å². The minimum atomic E-state index is 0.889. The van der Waals surface area contributed by atoms with Crippen LogP contribution in [0.5, 0.6) is 0 Å². The molecule has 0 spiro atoms. The first-order chi connectivity index (χ1) is 10.8. The summed E-state index contributed by atoms with van der Waals surface area (Å²) in [5.74, 6) is 1.83. The molecule has 1 aliphatic rings. The second-order valence-corrected chi connectivity index (χ2v) is 6.82. The van der Waals surface area contributed by atoms with E-state index in [2.05, 4.69) is 66.8 Å². The van der Waals surface area contributed by atoms with Gasteiger partial charge in [0.2, 0.25) is 0 Å². The SMILES string of the molecule is CC1CCC(CNCc2ccc(-c3ccccc3)cc2)CC1. The Hall–Kier alpha value is -1.60. The van der Waals surface area contributed by atoms with E-state index in [1.807, 2.05) is 0 Å². The minimum Gasteiger partial charge on any atom is -0.312 e. The van der Waals surface area contributed by atoms with E-state index in [0.29, 0.717) is 0 Å². The molecule has 1 nitrogen and oxygen atoms in total. The molecule has 0 saturated heterocycles. The molecule has 2 aromatic carbocycles. The highest BCUT2D eigenvalue weighted by Crippen LogP contribution is 2.27. The molecular weight excluding hydrogens is 266 g/mol. The average molecular weight is 293 g/mol. The van der Waals surface area contributed by atoms with Crippen molar-refractivity contribution in [3.8, 4) is 11.1 Å². The van der Waals surface area contributed by atoms with Crippen LogP contribution in [0.15, 0.2) is 54.6 Å². The van der Waals surface area contributed by atoms with Gasteiger partial charge in [0, 0.05) is 6.54 Å². The largest absolute Gasteiger partial charge is 0.312 e. The molecule has 22 heavy (non-hydrogen) atoms. The molecule has 0 aromatic heterocycles. The smallest absolute Gasteiger partial charge is 0.0205 e. The molecule has 0 unspecified atom stereocenters. The Kier molecular flexibility index (Phi) is 5.29. The van der Waals surface area contributed by atoms with Gasteiger partial charge in [0.1, 0.15) is 0 Å². The number of hydrogen-bond acceptors (Lipinski definition) is 1. The Bertz CT molecular complexity index is 550. The molecule has 1 heteroatoms. The Morgan fingerprint density at radius 2 is 1.45 bits per heavy atom. The fourth-order valence-corrected chi connectivity index (χ4v) is 3.40. The van der Waals surface area contributed by atoms with E-state index in [1.165, 1.54) is 48.9 Å². The van der Waals surface area contributed by atoms with Crippen molar-refractivity contribution in [2.24, 2.45) is 11.8 Å². The molecule has 1 N–H and O–H groups in total. The van der Waals surface area contributed by atoms with Gasteiger partial charge in [0.25, 0.3) is 0 Å². The van der Waals surface area contributed by atoms with Crippen molar-refractivity contribution in [2.45, 2.75) is 39.2 Å². The van der Waals surface area contributed by atoms with Crippen molar-refractivity contribution in [1.82, 2.24) is 5.32 Å². The lowest BCUT2D eigenvalue weighted by Gasteiger charge is -2.26. The topological polar surface area (TPSA) is 12.0 Å². The third-order valence-corrected chi connectivity index (χ3v) is 4.96. The van der Waals surface area contributed by atoms with Crippen LogP contribution in [0.3, 0.4) is 0 Å². The fourth-order valence-electron chi connectivity index (χ4n) is 3.40. The summed E-state index contributed by atoms with van der Waals surface area (Å²) in [6, 6.07) is 19.5. The Balaban J connectivity index is 1.47. The summed E-state index contributed by atoms with van der Waals surface area (Å²) in [5, 5.41) is 3.65. The summed E-state index contributed by atoms with van der Waals surface area (Å²) >= 11 is 0. The number of nitrogens with one attached hydrogen (secondary N) is 1. The zero-order valence-corrected chi connectivity index (χ0v) is 13.6. The maximum absolute atomic E-state index is 3.65. The van der Waals surface area contributed by atoms with Crippen molar-refractivity contribution in [2.75, 3.05) is 6.54 Å². The first kappa shape index (κ1) is 15.3. The minimum absolute atomic E-state index is 0.889. The first-order valence-electron chi connectivity index (χ1n) is 8.66. The van der Waals surface area contributed by atoms with Crippen molar-refractivity contribution in [3.63, 3.8) is 0 Å². The van der Waals surface area contributed by atoms with E-state index in [1.54, 1.807) is 0 Å². The quantitative estimate of drug-likeness (QED) is 0.792. The molecule has 0 aliphatic heterocycles. The number of benzene rings is 2. The number of hydrogen-bond donors (Lipinski definition) is 1. The highest BCUT2D eigenvalue weighted by molar-refractivity contribution is 5.63. The maximum Gasteiger partial charge on any atom is 0.0205 e. The Morgan fingerprint density at radius 1 is 0.818 bits per heavy atom. The molecule has 1 saturated carbocycles. The molecule has 0 atom stereocenters. The zero-order valence-electron chi connectivity index (χ0n) is 13.6. The van der Waals surface area contributed by atoms with Gasteiger partial charge in [-0.1, -0.05) is 74.4 Å². The average Bonchev–Trinajstić information content (AvgIpc) is 2.58. The molecule has 1 aliphatic carbocycles. The predicted molar refractivity (Wildman–Crippen MR) is 94.7 cm³/mol. The van der Waals surface area contributed by atoms with E-state index in [4.69, 9.17) is 0 Å². The monoisotopic (exact) mass is 293 g/mol. The van der Waals surface area contributed by atoms with Crippen molar-refractivity contribution in [3.05, 3.63) is 60.2 Å². The van der Waals surface area contributed by atoms with Crippen LogP contribution < -0.4 is 5.32 Å². The second kappa shape index (κ2) is 7.60. The van der Waals surface area contributed by atoms with Gasteiger partial charge in [0.05, 0.1) is 0 Å². The normalized spacial score (nSPS) is 21.7.